The summed E-state index contributed by atoms with van der Waals surface area (Å²) < 4.78 is 41.6. The van der Waals surface area contributed by atoms with Crippen molar-refractivity contribution in [1.29, 1.82) is 0 Å². The van der Waals surface area contributed by atoms with Crippen LogP contribution in [0, 0.1) is 0 Å². The maximum Gasteiger partial charge on any atom is 0.409 e. The third kappa shape index (κ3) is 5.72. The molecule has 6 nitrogen and oxygen atoms in total. The second-order valence-electron chi connectivity index (χ2n) is 8.44. The molecule has 0 aromatic heterocycles. The van der Waals surface area contributed by atoms with Gasteiger partial charge < -0.3 is 10.2 Å². The van der Waals surface area contributed by atoms with E-state index in [9.17, 15) is 22.8 Å². The number of alkyl halides is 3. The minimum Gasteiger partial charge on any atom is -0.324 e. The van der Waals surface area contributed by atoms with Crippen LogP contribution in [-0.2, 0) is 16.0 Å². The van der Waals surface area contributed by atoms with E-state index in [0.717, 1.165) is 31.0 Å². The minimum absolute atomic E-state index is 0.0807. The van der Waals surface area contributed by atoms with E-state index < -0.39 is 30.5 Å². The Hall–Kier alpha value is -2.91. The topological polar surface area (TPSA) is 55.9 Å². The van der Waals surface area contributed by atoms with Gasteiger partial charge in [0.1, 0.15) is 6.04 Å². The molecule has 0 radical (unpaired) electrons. The molecule has 1 atom stereocenters. The molecule has 0 bridgehead atoms. The number of fused-ring (bicyclic) bond motifs is 1. The van der Waals surface area contributed by atoms with Crippen LogP contribution < -0.4 is 10.2 Å². The number of benzene rings is 2. The first-order valence-corrected chi connectivity index (χ1v) is 11.1. The van der Waals surface area contributed by atoms with E-state index in [0.29, 0.717) is 13.1 Å². The van der Waals surface area contributed by atoms with Crippen LogP contribution in [-0.4, -0.2) is 73.1 Å². The highest BCUT2D eigenvalue weighted by Gasteiger charge is 2.49. The molecular weight excluding hydrogens is 433 g/mol. The number of nitrogens with one attached hydrogen (secondary N) is 1. The second-order valence-corrected chi connectivity index (χ2v) is 8.44. The molecule has 2 aromatic carbocycles. The highest BCUT2D eigenvalue weighted by Crippen LogP contribution is 2.37. The molecule has 1 fully saturated rings. The summed E-state index contributed by atoms with van der Waals surface area (Å²) in [6, 6.07) is 14.1. The number of carbonyl (C=O) groups excluding carboxylic acids is 2. The average Bonchev–Trinajstić information content (AvgIpc) is 2.95. The van der Waals surface area contributed by atoms with Gasteiger partial charge in [-0.3, -0.25) is 19.4 Å². The molecule has 1 saturated heterocycles. The Labute approximate surface area is 191 Å². The first-order valence-electron chi connectivity index (χ1n) is 11.1. The lowest BCUT2D eigenvalue weighted by atomic mass is 10.1. The fraction of sp³-hybridized carbons (Fsp3) is 0.417. The Balaban J connectivity index is 1.41. The quantitative estimate of drug-likeness (QED) is 0.745. The zero-order valence-corrected chi connectivity index (χ0v) is 18.2. The maximum absolute atomic E-state index is 13.9. The number of halogens is 3. The largest absolute Gasteiger partial charge is 0.409 e. The van der Waals surface area contributed by atoms with Crippen LogP contribution in [0.5, 0.6) is 0 Å². The summed E-state index contributed by atoms with van der Waals surface area (Å²) in [5.74, 6) is -1.41. The molecule has 1 unspecified atom stereocenters. The summed E-state index contributed by atoms with van der Waals surface area (Å²) in [7, 11) is 0. The van der Waals surface area contributed by atoms with Gasteiger partial charge in [0.05, 0.1) is 24.3 Å². The molecule has 2 aliphatic rings. The predicted molar refractivity (Wildman–Crippen MR) is 120 cm³/mol. The van der Waals surface area contributed by atoms with Crippen LogP contribution in [0.4, 0.5) is 24.5 Å². The molecule has 0 saturated carbocycles. The minimum atomic E-state index is -4.72. The van der Waals surface area contributed by atoms with Crippen LogP contribution in [0.2, 0.25) is 0 Å². The van der Waals surface area contributed by atoms with E-state index in [4.69, 9.17) is 0 Å². The molecule has 9 heteroatoms. The second kappa shape index (κ2) is 9.93. The van der Waals surface area contributed by atoms with Gasteiger partial charge in [-0.15, -0.1) is 0 Å². The molecule has 2 heterocycles. The molecule has 176 valence electrons. The number of rotatable bonds is 5. The van der Waals surface area contributed by atoms with Crippen LogP contribution in [0.25, 0.3) is 0 Å². The van der Waals surface area contributed by atoms with Crippen LogP contribution in [0.1, 0.15) is 12.0 Å². The summed E-state index contributed by atoms with van der Waals surface area (Å²) in [6.07, 6.45) is -4.61. The van der Waals surface area contributed by atoms with E-state index in [1.807, 2.05) is 23.1 Å². The summed E-state index contributed by atoms with van der Waals surface area (Å²) >= 11 is 0. The third-order valence-electron chi connectivity index (χ3n) is 6.16. The number of hydrogen-bond donors (Lipinski definition) is 1. The number of para-hydroxylation sites is 2. The third-order valence-corrected chi connectivity index (χ3v) is 6.16. The first kappa shape index (κ1) is 23.3. The number of amides is 2. The SMILES string of the molecule is O=C1CC(C(F)(F)F)N(C(=O)CN2CCN(CCc3ccccc3)CC2)c2ccccc2N1. The van der Waals surface area contributed by atoms with Gasteiger partial charge in [-0.25, -0.2) is 0 Å². The molecular formula is C24H27F3N4O2. The summed E-state index contributed by atoms with van der Waals surface area (Å²) in [4.78, 5) is 30.2. The Morgan fingerprint density at radius 1 is 0.939 bits per heavy atom. The molecule has 33 heavy (non-hydrogen) atoms. The van der Waals surface area contributed by atoms with Gasteiger partial charge in [0.15, 0.2) is 0 Å². The highest BCUT2D eigenvalue weighted by atomic mass is 19.4. The van der Waals surface area contributed by atoms with Gasteiger partial charge in [0.2, 0.25) is 11.8 Å². The van der Waals surface area contributed by atoms with Gasteiger partial charge in [0.25, 0.3) is 0 Å². The lowest BCUT2D eigenvalue weighted by Gasteiger charge is -2.37. The van der Waals surface area contributed by atoms with Crippen LogP contribution >= 0.6 is 0 Å². The van der Waals surface area contributed by atoms with Crippen LogP contribution in [0.15, 0.2) is 54.6 Å². The molecule has 0 aliphatic carbocycles. The molecule has 4 rings (SSSR count). The summed E-state index contributed by atoms with van der Waals surface area (Å²) in [5.41, 5.74) is 1.56. The highest BCUT2D eigenvalue weighted by molar-refractivity contribution is 6.05. The normalized spacial score (nSPS) is 20.2. The van der Waals surface area contributed by atoms with E-state index in [2.05, 4.69) is 22.3 Å². The van der Waals surface area contributed by atoms with Crippen molar-refractivity contribution >= 4 is 23.2 Å². The van der Waals surface area contributed by atoms with Crippen molar-refractivity contribution in [2.45, 2.75) is 25.1 Å². The Morgan fingerprint density at radius 2 is 1.58 bits per heavy atom. The Morgan fingerprint density at radius 3 is 2.27 bits per heavy atom. The van der Waals surface area contributed by atoms with Gasteiger partial charge in [-0.1, -0.05) is 42.5 Å². The van der Waals surface area contributed by atoms with Crippen molar-refractivity contribution in [3.05, 3.63) is 60.2 Å². The van der Waals surface area contributed by atoms with Crippen molar-refractivity contribution in [3.63, 3.8) is 0 Å². The van der Waals surface area contributed by atoms with E-state index >= 15 is 0 Å². The van der Waals surface area contributed by atoms with Gasteiger partial charge in [-0.05, 0) is 24.1 Å². The van der Waals surface area contributed by atoms with Crippen molar-refractivity contribution in [2.24, 2.45) is 0 Å². The summed E-state index contributed by atoms with van der Waals surface area (Å²) in [5, 5.41) is 2.49. The predicted octanol–water partition coefficient (Wildman–Crippen LogP) is 3.15. The van der Waals surface area contributed by atoms with Gasteiger partial charge >= 0.3 is 6.18 Å². The number of carbonyl (C=O) groups is 2. The number of nitrogens with zero attached hydrogens (tertiary/aromatic N) is 3. The van der Waals surface area contributed by atoms with E-state index in [1.54, 1.807) is 12.1 Å². The molecule has 2 aromatic rings. The van der Waals surface area contributed by atoms with Crippen molar-refractivity contribution in [2.75, 3.05) is 49.5 Å². The van der Waals surface area contributed by atoms with Gasteiger partial charge in [-0.2, -0.15) is 13.2 Å². The maximum atomic E-state index is 13.9. The smallest absolute Gasteiger partial charge is 0.324 e. The lowest BCUT2D eigenvalue weighted by molar-refractivity contribution is -0.158. The van der Waals surface area contributed by atoms with Crippen molar-refractivity contribution < 1.29 is 22.8 Å². The van der Waals surface area contributed by atoms with Gasteiger partial charge in [0, 0.05) is 32.7 Å². The van der Waals surface area contributed by atoms with Crippen molar-refractivity contribution in [1.82, 2.24) is 9.80 Å². The van der Waals surface area contributed by atoms with E-state index in [1.165, 1.54) is 17.7 Å². The van der Waals surface area contributed by atoms with E-state index in [-0.39, 0.29) is 17.9 Å². The van der Waals surface area contributed by atoms with Crippen molar-refractivity contribution in [3.8, 4) is 0 Å². The standard InChI is InChI=1S/C24H27F3N4O2/c25-24(26,27)21-16-22(32)28-19-8-4-5-9-20(19)31(21)23(33)17-30-14-12-29(13-15-30)11-10-18-6-2-1-3-7-18/h1-9,21H,10-17H2,(H,28,32). The zero-order chi connectivity index (χ0) is 23.4. The summed E-state index contributed by atoms with van der Waals surface area (Å²) in [6.45, 7) is 3.48. The number of piperazine rings is 1. The number of hydrogen-bond acceptors (Lipinski definition) is 4. The Kier molecular flexibility index (Phi) is 6.99. The number of anilines is 2. The van der Waals surface area contributed by atoms with Crippen LogP contribution in [0.3, 0.4) is 0 Å². The molecule has 2 aliphatic heterocycles. The zero-order valence-electron chi connectivity index (χ0n) is 18.2. The Bertz CT molecular complexity index is 975. The molecule has 0 spiro atoms. The average molecular weight is 461 g/mol. The molecule has 1 N–H and O–H groups in total. The fourth-order valence-electron chi connectivity index (χ4n) is 4.37. The fourth-order valence-corrected chi connectivity index (χ4v) is 4.37. The lowest BCUT2D eigenvalue weighted by Crippen LogP contribution is -2.55. The first-order chi connectivity index (χ1) is 15.8. The molecule has 2 amide bonds. The monoisotopic (exact) mass is 460 g/mol.